The van der Waals surface area contributed by atoms with Crippen molar-refractivity contribution in [3.63, 3.8) is 0 Å². The van der Waals surface area contributed by atoms with Crippen LogP contribution in [0.4, 0.5) is 0 Å². The molecule has 1 atom stereocenters. The fourth-order valence-electron chi connectivity index (χ4n) is 1.87. The van der Waals surface area contributed by atoms with E-state index in [0.717, 1.165) is 27.2 Å². The summed E-state index contributed by atoms with van der Waals surface area (Å²) >= 11 is 3.44. The summed E-state index contributed by atoms with van der Waals surface area (Å²) in [6.07, 6.45) is 1.63. The van der Waals surface area contributed by atoms with Gasteiger partial charge in [-0.3, -0.25) is 10.8 Å². The number of aryl methyl sites for hydroxylation is 2. The van der Waals surface area contributed by atoms with Crippen LogP contribution in [0.2, 0.25) is 0 Å². The van der Waals surface area contributed by atoms with Crippen molar-refractivity contribution in [2.75, 3.05) is 0 Å². The Labute approximate surface area is 108 Å². The highest BCUT2D eigenvalue weighted by molar-refractivity contribution is 9.10. The molecule has 0 saturated carbocycles. The molecule has 0 aromatic carbocycles. The largest absolute Gasteiger partial charge is 0.466 e. The van der Waals surface area contributed by atoms with E-state index in [1.807, 2.05) is 32.0 Å². The van der Waals surface area contributed by atoms with Gasteiger partial charge in [0.05, 0.1) is 10.7 Å². The van der Waals surface area contributed by atoms with E-state index in [2.05, 4.69) is 26.3 Å². The van der Waals surface area contributed by atoms with Crippen LogP contribution >= 0.6 is 15.9 Å². The van der Waals surface area contributed by atoms with Gasteiger partial charge < -0.3 is 4.42 Å². The zero-order valence-electron chi connectivity index (χ0n) is 9.70. The molecule has 0 aliphatic carbocycles. The fraction of sp³-hybridized carbons (Fsp3) is 0.250. The molecule has 2 aromatic heterocycles. The molecule has 90 valence electrons. The number of nitrogens with two attached hydrogens (primary N) is 1. The number of pyridine rings is 1. The van der Waals surface area contributed by atoms with Gasteiger partial charge >= 0.3 is 0 Å². The highest BCUT2D eigenvalue weighted by atomic mass is 79.9. The molecule has 0 radical (unpaired) electrons. The summed E-state index contributed by atoms with van der Waals surface area (Å²) in [5, 5.41) is 0. The Morgan fingerprint density at radius 1 is 1.35 bits per heavy atom. The molecule has 2 heterocycles. The third-order valence-corrected chi connectivity index (χ3v) is 3.17. The number of aromatic nitrogens is 1. The van der Waals surface area contributed by atoms with E-state index in [9.17, 15) is 0 Å². The Balaban J connectivity index is 2.45. The molecule has 0 spiro atoms. The second kappa shape index (κ2) is 5.00. The second-order valence-electron chi connectivity index (χ2n) is 3.92. The summed E-state index contributed by atoms with van der Waals surface area (Å²) in [4.78, 5) is 4.34. The molecular formula is C12H14BrN3O. The topological polar surface area (TPSA) is 64.1 Å². The van der Waals surface area contributed by atoms with E-state index in [4.69, 9.17) is 10.3 Å². The number of halogens is 1. The van der Waals surface area contributed by atoms with Crippen LogP contribution in [0.1, 0.15) is 28.8 Å². The molecule has 5 heteroatoms. The average Bonchev–Trinajstić information content (AvgIpc) is 2.65. The van der Waals surface area contributed by atoms with Crippen molar-refractivity contribution < 1.29 is 4.42 Å². The van der Waals surface area contributed by atoms with Gasteiger partial charge in [0, 0.05) is 11.4 Å². The highest BCUT2D eigenvalue weighted by Gasteiger charge is 2.19. The normalized spacial score (nSPS) is 12.7. The molecule has 1 unspecified atom stereocenters. The van der Waals surface area contributed by atoms with Crippen molar-refractivity contribution >= 4 is 15.9 Å². The van der Waals surface area contributed by atoms with Crippen LogP contribution in [0.15, 0.2) is 33.4 Å². The smallest absolute Gasteiger partial charge is 0.140 e. The van der Waals surface area contributed by atoms with Gasteiger partial charge in [0.25, 0.3) is 0 Å². The summed E-state index contributed by atoms with van der Waals surface area (Å²) in [6.45, 7) is 3.92. The summed E-state index contributed by atoms with van der Waals surface area (Å²) in [5.74, 6) is 6.38. The highest BCUT2D eigenvalue weighted by Crippen LogP contribution is 2.29. The van der Waals surface area contributed by atoms with Crippen molar-refractivity contribution in [2.45, 2.75) is 19.9 Å². The maximum Gasteiger partial charge on any atom is 0.140 e. The standard InChI is InChI=1S/C12H14BrN3O/c1-7-5-9(6-8(2)15-7)11(16-14)12-10(13)3-4-17-12/h3-6,11,16H,14H2,1-2H3. The van der Waals surface area contributed by atoms with Gasteiger partial charge in [-0.05, 0) is 53.5 Å². The summed E-state index contributed by atoms with van der Waals surface area (Å²) in [5.41, 5.74) is 5.72. The molecule has 0 bridgehead atoms. The van der Waals surface area contributed by atoms with Gasteiger partial charge in [-0.2, -0.15) is 0 Å². The first-order chi connectivity index (χ1) is 8.11. The van der Waals surface area contributed by atoms with Crippen molar-refractivity contribution in [1.29, 1.82) is 0 Å². The Morgan fingerprint density at radius 3 is 2.47 bits per heavy atom. The molecule has 2 aromatic rings. The van der Waals surface area contributed by atoms with Gasteiger partial charge in [0.15, 0.2) is 0 Å². The maximum atomic E-state index is 5.61. The molecule has 0 saturated heterocycles. The molecule has 0 aliphatic heterocycles. The van der Waals surface area contributed by atoms with Crippen molar-refractivity contribution in [3.8, 4) is 0 Å². The van der Waals surface area contributed by atoms with Crippen molar-refractivity contribution in [1.82, 2.24) is 10.4 Å². The third kappa shape index (κ3) is 2.57. The van der Waals surface area contributed by atoms with Crippen molar-refractivity contribution in [3.05, 3.63) is 51.6 Å². The Hall–Kier alpha value is -1.17. The molecule has 0 fully saturated rings. The van der Waals surface area contributed by atoms with E-state index in [-0.39, 0.29) is 6.04 Å². The minimum atomic E-state index is -0.181. The molecular weight excluding hydrogens is 282 g/mol. The van der Waals surface area contributed by atoms with Gasteiger partial charge in [-0.15, -0.1) is 0 Å². The first kappa shape index (κ1) is 12.3. The van der Waals surface area contributed by atoms with Crippen LogP contribution in [-0.2, 0) is 0 Å². The van der Waals surface area contributed by atoms with Gasteiger partial charge in [-0.25, -0.2) is 5.43 Å². The van der Waals surface area contributed by atoms with Crippen molar-refractivity contribution in [2.24, 2.45) is 5.84 Å². The van der Waals surface area contributed by atoms with Gasteiger partial charge in [0.1, 0.15) is 11.8 Å². The maximum absolute atomic E-state index is 5.61. The minimum absolute atomic E-state index is 0.181. The van der Waals surface area contributed by atoms with E-state index >= 15 is 0 Å². The van der Waals surface area contributed by atoms with Gasteiger partial charge in [-0.1, -0.05) is 0 Å². The zero-order chi connectivity index (χ0) is 12.4. The van der Waals surface area contributed by atoms with E-state index in [1.165, 1.54) is 0 Å². The number of nitrogens with one attached hydrogen (secondary N) is 1. The number of hydrazine groups is 1. The summed E-state index contributed by atoms with van der Waals surface area (Å²) in [6, 6.07) is 5.65. The molecule has 17 heavy (non-hydrogen) atoms. The second-order valence-corrected chi connectivity index (χ2v) is 4.77. The predicted molar refractivity (Wildman–Crippen MR) is 69.3 cm³/mol. The fourth-order valence-corrected chi connectivity index (χ4v) is 2.30. The van der Waals surface area contributed by atoms with Crippen LogP contribution < -0.4 is 11.3 Å². The number of hydrogen-bond acceptors (Lipinski definition) is 4. The lowest BCUT2D eigenvalue weighted by Gasteiger charge is -2.15. The number of rotatable bonds is 3. The Morgan fingerprint density at radius 2 is 2.00 bits per heavy atom. The molecule has 2 rings (SSSR count). The lowest BCUT2D eigenvalue weighted by molar-refractivity contribution is 0.449. The third-order valence-electron chi connectivity index (χ3n) is 2.51. The first-order valence-electron chi connectivity index (χ1n) is 5.26. The monoisotopic (exact) mass is 295 g/mol. The molecule has 3 N–H and O–H groups in total. The minimum Gasteiger partial charge on any atom is -0.466 e. The lowest BCUT2D eigenvalue weighted by atomic mass is 10.0. The van der Waals surface area contributed by atoms with Crippen LogP contribution in [0.5, 0.6) is 0 Å². The number of furan rings is 1. The SMILES string of the molecule is Cc1cc(C(NN)c2occc2Br)cc(C)n1. The zero-order valence-corrected chi connectivity index (χ0v) is 11.3. The summed E-state index contributed by atoms with van der Waals surface area (Å²) < 4.78 is 6.34. The molecule has 0 aliphatic rings. The van der Waals surface area contributed by atoms with Crippen LogP contribution in [0.25, 0.3) is 0 Å². The van der Waals surface area contributed by atoms with Crippen LogP contribution in [0.3, 0.4) is 0 Å². The summed E-state index contributed by atoms with van der Waals surface area (Å²) in [7, 11) is 0. The van der Waals surface area contributed by atoms with E-state index in [0.29, 0.717) is 0 Å². The average molecular weight is 296 g/mol. The number of nitrogens with zero attached hydrogens (tertiary/aromatic N) is 1. The Bertz CT molecular complexity index is 504. The first-order valence-corrected chi connectivity index (χ1v) is 6.05. The van der Waals surface area contributed by atoms with E-state index in [1.54, 1.807) is 6.26 Å². The quantitative estimate of drug-likeness (QED) is 0.675. The lowest BCUT2D eigenvalue weighted by Crippen LogP contribution is -2.29. The Kier molecular flexibility index (Phi) is 3.61. The molecule has 0 amide bonds. The number of hydrogen-bond donors (Lipinski definition) is 2. The predicted octanol–water partition coefficient (Wildman–Crippen LogP) is 2.61. The van der Waals surface area contributed by atoms with Crippen LogP contribution in [0, 0.1) is 13.8 Å². The van der Waals surface area contributed by atoms with Crippen LogP contribution in [-0.4, -0.2) is 4.98 Å². The van der Waals surface area contributed by atoms with E-state index < -0.39 is 0 Å². The molecule has 4 nitrogen and oxygen atoms in total. The van der Waals surface area contributed by atoms with Gasteiger partial charge in [0.2, 0.25) is 0 Å².